The number of nitrogens with two attached hydrogens (primary N) is 1. The average molecular weight is 214 g/mol. The van der Waals surface area contributed by atoms with Crippen LogP contribution in [0.3, 0.4) is 0 Å². The van der Waals surface area contributed by atoms with Crippen molar-refractivity contribution in [3.63, 3.8) is 0 Å². The van der Waals surface area contributed by atoms with E-state index in [1.807, 2.05) is 18.2 Å². The maximum absolute atomic E-state index is 5.99. The van der Waals surface area contributed by atoms with Crippen molar-refractivity contribution in [2.45, 2.75) is 25.3 Å². The Morgan fingerprint density at radius 1 is 1.25 bits per heavy atom. The van der Waals surface area contributed by atoms with E-state index in [0.717, 1.165) is 36.3 Å². The molecule has 0 unspecified atom stereocenters. The van der Waals surface area contributed by atoms with Crippen LogP contribution in [0.25, 0.3) is 11.3 Å². The highest BCUT2D eigenvalue weighted by molar-refractivity contribution is 5.63. The van der Waals surface area contributed by atoms with Gasteiger partial charge in [-0.2, -0.15) is 0 Å². The monoisotopic (exact) mass is 214 g/mol. The molecule has 2 N–H and O–H groups in total. The van der Waals surface area contributed by atoms with Crippen molar-refractivity contribution in [3.8, 4) is 11.3 Å². The first kappa shape index (κ1) is 9.60. The van der Waals surface area contributed by atoms with Gasteiger partial charge in [-0.15, -0.1) is 0 Å². The van der Waals surface area contributed by atoms with Crippen LogP contribution in [-0.2, 0) is 12.8 Å². The lowest BCUT2D eigenvalue weighted by Crippen LogP contribution is -2.27. The van der Waals surface area contributed by atoms with Crippen LogP contribution >= 0.6 is 0 Å². The highest BCUT2D eigenvalue weighted by Gasteiger charge is 2.24. The van der Waals surface area contributed by atoms with Crippen LogP contribution in [0.5, 0.6) is 0 Å². The minimum absolute atomic E-state index is 0.245. The fourth-order valence-corrected chi connectivity index (χ4v) is 2.25. The number of rotatable bonds is 1. The molecule has 3 heteroatoms. The Morgan fingerprint density at radius 2 is 2.06 bits per heavy atom. The number of hydrogen-bond donors (Lipinski definition) is 1. The number of fused-ring (bicyclic) bond motifs is 1. The van der Waals surface area contributed by atoms with Crippen molar-refractivity contribution < 1.29 is 4.52 Å². The first-order valence-corrected chi connectivity index (χ1v) is 5.63. The van der Waals surface area contributed by atoms with Crippen molar-refractivity contribution in [1.82, 2.24) is 5.16 Å². The van der Waals surface area contributed by atoms with E-state index in [0.29, 0.717) is 0 Å². The van der Waals surface area contributed by atoms with Gasteiger partial charge in [-0.25, -0.2) is 0 Å². The van der Waals surface area contributed by atoms with Gasteiger partial charge in [0.05, 0.1) is 0 Å². The summed E-state index contributed by atoms with van der Waals surface area (Å²) in [5.41, 5.74) is 9.26. The van der Waals surface area contributed by atoms with Gasteiger partial charge in [0.1, 0.15) is 11.5 Å². The Hall–Kier alpha value is -1.61. The highest BCUT2D eigenvalue weighted by atomic mass is 16.5. The van der Waals surface area contributed by atoms with Crippen molar-refractivity contribution in [1.29, 1.82) is 0 Å². The molecule has 82 valence electrons. The minimum atomic E-state index is 0.245. The van der Waals surface area contributed by atoms with E-state index in [9.17, 15) is 0 Å². The van der Waals surface area contributed by atoms with E-state index in [4.69, 9.17) is 10.3 Å². The van der Waals surface area contributed by atoms with Crippen LogP contribution in [0.15, 0.2) is 34.9 Å². The number of aryl methyl sites for hydroxylation is 1. The number of hydrogen-bond acceptors (Lipinski definition) is 3. The van der Waals surface area contributed by atoms with E-state index < -0.39 is 0 Å². The van der Waals surface area contributed by atoms with Gasteiger partial charge in [0.25, 0.3) is 0 Å². The first-order chi connectivity index (χ1) is 7.84. The van der Waals surface area contributed by atoms with E-state index in [1.165, 1.54) is 5.56 Å². The summed E-state index contributed by atoms with van der Waals surface area (Å²) in [5, 5.41) is 4.17. The van der Waals surface area contributed by atoms with Gasteiger partial charge in [0.2, 0.25) is 0 Å². The predicted molar refractivity (Wildman–Crippen MR) is 61.9 cm³/mol. The summed E-state index contributed by atoms with van der Waals surface area (Å²) in [4.78, 5) is 0. The van der Waals surface area contributed by atoms with Crippen LogP contribution in [0.2, 0.25) is 0 Å². The van der Waals surface area contributed by atoms with Gasteiger partial charge < -0.3 is 10.3 Å². The maximum Gasteiger partial charge on any atom is 0.140 e. The normalized spacial score (nSPS) is 19.4. The fourth-order valence-electron chi connectivity index (χ4n) is 2.25. The second-order valence-electron chi connectivity index (χ2n) is 4.30. The molecule has 0 saturated carbocycles. The zero-order chi connectivity index (χ0) is 11.0. The summed E-state index contributed by atoms with van der Waals surface area (Å²) in [6.07, 6.45) is 2.79. The lowest BCUT2D eigenvalue weighted by Gasteiger charge is -2.16. The maximum atomic E-state index is 5.99. The molecule has 1 aromatic carbocycles. The minimum Gasteiger partial charge on any atom is -0.360 e. The summed E-state index contributed by atoms with van der Waals surface area (Å²) < 4.78 is 5.38. The Balaban J connectivity index is 2.07. The van der Waals surface area contributed by atoms with Gasteiger partial charge in [-0.1, -0.05) is 35.5 Å². The summed E-state index contributed by atoms with van der Waals surface area (Å²) >= 11 is 0. The highest BCUT2D eigenvalue weighted by Crippen LogP contribution is 2.30. The molecule has 0 amide bonds. The number of benzene rings is 1. The lowest BCUT2D eigenvalue weighted by molar-refractivity contribution is 0.367. The SMILES string of the molecule is N[C@@H]1CCc2onc(-c3ccccc3)c2C1. The Morgan fingerprint density at radius 3 is 2.88 bits per heavy atom. The second-order valence-corrected chi connectivity index (χ2v) is 4.30. The molecule has 1 aromatic heterocycles. The first-order valence-electron chi connectivity index (χ1n) is 5.63. The topological polar surface area (TPSA) is 52.0 Å². The summed E-state index contributed by atoms with van der Waals surface area (Å²) in [7, 11) is 0. The molecule has 0 aliphatic heterocycles. The quantitative estimate of drug-likeness (QED) is 0.791. The van der Waals surface area contributed by atoms with Gasteiger partial charge in [-0.05, 0) is 12.8 Å². The van der Waals surface area contributed by atoms with Crippen molar-refractivity contribution in [2.75, 3.05) is 0 Å². The van der Waals surface area contributed by atoms with E-state index >= 15 is 0 Å². The van der Waals surface area contributed by atoms with Gasteiger partial charge in [0, 0.05) is 23.6 Å². The second kappa shape index (κ2) is 3.76. The molecular formula is C13H14N2O. The average Bonchev–Trinajstić information content (AvgIpc) is 2.73. The van der Waals surface area contributed by atoms with Gasteiger partial charge >= 0.3 is 0 Å². The molecule has 1 aliphatic carbocycles. The molecule has 0 bridgehead atoms. The molecule has 3 nitrogen and oxygen atoms in total. The van der Waals surface area contributed by atoms with Crippen LogP contribution in [0, 0.1) is 0 Å². The predicted octanol–water partition coefficient (Wildman–Crippen LogP) is 2.16. The van der Waals surface area contributed by atoms with Gasteiger partial charge in [-0.3, -0.25) is 0 Å². The molecule has 1 atom stereocenters. The van der Waals surface area contributed by atoms with Crippen molar-refractivity contribution in [2.24, 2.45) is 5.73 Å². The third-order valence-corrected chi connectivity index (χ3v) is 3.13. The summed E-state index contributed by atoms with van der Waals surface area (Å²) in [5.74, 6) is 1.01. The van der Waals surface area contributed by atoms with Crippen LogP contribution in [0.4, 0.5) is 0 Å². The van der Waals surface area contributed by atoms with Crippen LogP contribution in [0.1, 0.15) is 17.7 Å². The van der Waals surface area contributed by atoms with Crippen molar-refractivity contribution >= 4 is 0 Å². The molecule has 0 saturated heterocycles. The molecule has 1 heterocycles. The van der Waals surface area contributed by atoms with Gasteiger partial charge in [0.15, 0.2) is 0 Å². The molecule has 16 heavy (non-hydrogen) atoms. The summed E-state index contributed by atoms with van der Waals surface area (Å²) in [6.45, 7) is 0. The van der Waals surface area contributed by atoms with E-state index in [2.05, 4.69) is 17.3 Å². The number of nitrogens with zero attached hydrogens (tertiary/aromatic N) is 1. The number of aromatic nitrogens is 1. The fraction of sp³-hybridized carbons (Fsp3) is 0.308. The largest absolute Gasteiger partial charge is 0.360 e. The Bertz CT molecular complexity index is 490. The van der Waals surface area contributed by atoms with E-state index in [1.54, 1.807) is 0 Å². The molecule has 1 aliphatic rings. The molecule has 0 radical (unpaired) electrons. The smallest absolute Gasteiger partial charge is 0.140 e. The Kier molecular flexibility index (Phi) is 2.26. The third-order valence-electron chi connectivity index (χ3n) is 3.13. The van der Waals surface area contributed by atoms with Crippen LogP contribution < -0.4 is 5.73 Å². The zero-order valence-corrected chi connectivity index (χ0v) is 9.02. The molecule has 0 spiro atoms. The van der Waals surface area contributed by atoms with E-state index in [-0.39, 0.29) is 6.04 Å². The molecule has 0 fully saturated rings. The zero-order valence-electron chi connectivity index (χ0n) is 9.02. The lowest BCUT2D eigenvalue weighted by atomic mass is 9.91. The third kappa shape index (κ3) is 1.53. The molecule has 3 rings (SSSR count). The standard InChI is InChI=1S/C13H14N2O/c14-10-6-7-12-11(8-10)13(15-16-12)9-4-2-1-3-5-9/h1-5,10H,6-8,14H2/t10-/m1/s1. The van der Waals surface area contributed by atoms with Crippen LogP contribution in [-0.4, -0.2) is 11.2 Å². The summed E-state index contributed by atoms with van der Waals surface area (Å²) in [6, 6.07) is 10.4. The molecule has 2 aromatic rings. The Labute approximate surface area is 94.2 Å². The van der Waals surface area contributed by atoms with Crippen molar-refractivity contribution in [3.05, 3.63) is 41.7 Å². The molecular weight excluding hydrogens is 200 g/mol.